The molecule has 8 nitrogen and oxygen atoms in total. The van der Waals surface area contributed by atoms with Crippen molar-refractivity contribution in [3.8, 4) is 0 Å². The van der Waals surface area contributed by atoms with Gasteiger partial charge in [0.05, 0.1) is 18.3 Å². The topological polar surface area (TPSA) is 72.7 Å². The molecule has 1 aliphatic rings. The second-order valence-corrected chi connectivity index (χ2v) is 9.66. The van der Waals surface area contributed by atoms with Crippen LogP contribution < -0.4 is 4.90 Å². The summed E-state index contributed by atoms with van der Waals surface area (Å²) >= 11 is 1.59. The molecule has 2 heterocycles. The second kappa shape index (κ2) is 12.3. The summed E-state index contributed by atoms with van der Waals surface area (Å²) in [5.74, 6) is 1.23. The summed E-state index contributed by atoms with van der Waals surface area (Å²) in [4.78, 5) is 16.9. The van der Waals surface area contributed by atoms with E-state index in [1.807, 2.05) is 40.1 Å². The van der Waals surface area contributed by atoms with Gasteiger partial charge in [0.1, 0.15) is 12.4 Å². The largest absolute Gasteiger partial charge is 0.383 e. The number of nitrogens with zero attached hydrogens (tertiary/aromatic N) is 5. The minimum atomic E-state index is -0.230. The van der Waals surface area contributed by atoms with E-state index < -0.39 is 0 Å². The smallest absolute Gasteiger partial charge is 0.253 e. The van der Waals surface area contributed by atoms with Crippen LogP contribution in [0.25, 0.3) is 0 Å². The van der Waals surface area contributed by atoms with Crippen LogP contribution in [0.5, 0.6) is 0 Å². The molecular weight excluding hydrogens is 481 g/mol. The van der Waals surface area contributed by atoms with Crippen molar-refractivity contribution in [3.63, 3.8) is 0 Å². The molecule has 36 heavy (non-hydrogen) atoms. The van der Waals surface area contributed by atoms with Crippen LogP contribution in [-0.4, -0.2) is 72.6 Å². The Morgan fingerprint density at radius 2 is 1.75 bits per heavy atom. The van der Waals surface area contributed by atoms with E-state index in [0.29, 0.717) is 56.4 Å². The van der Waals surface area contributed by atoms with Crippen LogP contribution in [0.3, 0.4) is 0 Å². The molecule has 1 aromatic heterocycles. The first-order valence-electron chi connectivity index (χ1n) is 11.9. The number of aromatic nitrogens is 3. The number of hydrogen-bond donors (Lipinski definition) is 0. The minimum Gasteiger partial charge on any atom is -0.383 e. The van der Waals surface area contributed by atoms with E-state index in [4.69, 9.17) is 9.47 Å². The summed E-state index contributed by atoms with van der Waals surface area (Å²) in [5.41, 5.74) is 2.33. The number of carbonyl (C=O) groups excluding carboxylic acids is 1. The van der Waals surface area contributed by atoms with Gasteiger partial charge >= 0.3 is 0 Å². The molecule has 0 saturated carbocycles. The van der Waals surface area contributed by atoms with Gasteiger partial charge in [0.2, 0.25) is 0 Å². The van der Waals surface area contributed by atoms with E-state index in [1.54, 1.807) is 38.1 Å². The summed E-state index contributed by atoms with van der Waals surface area (Å²) in [6, 6.07) is 14.5. The van der Waals surface area contributed by atoms with Crippen LogP contribution >= 0.6 is 11.8 Å². The predicted octanol–water partition coefficient (Wildman–Crippen LogP) is 4.03. The third-order valence-corrected chi connectivity index (χ3v) is 7.20. The lowest BCUT2D eigenvalue weighted by molar-refractivity contribution is 0.0746. The Morgan fingerprint density at radius 1 is 1.03 bits per heavy atom. The maximum atomic E-state index is 14.1. The lowest BCUT2D eigenvalue weighted by Crippen LogP contribution is -2.49. The number of piperazine rings is 1. The molecule has 1 saturated heterocycles. The van der Waals surface area contributed by atoms with Crippen molar-refractivity contribution in [3.05, 3.63) is 71.3 Å². The lowest BCUT2D eigenvalue weighted by Gasteiger charge is -2.36. The van der Waals surface area contributed by atoms with Crippen LogP contribution in [0, 0.1) is 5.82 Å². The van der Waals surface area contributed by atoms with Gasteiger partial charge in [0, 0.05) is 51.7 Å². The molecule has 1 fully saturated rings. The molecule has 10 heteroatoms. The zero-order valence-corrected chi connectivity index (χ0v) is 21.7. The van der Waals surface area contributed by atoms with Gasteiger partial charge in [-0.05, 0) is 36.8 Å². The van der Waals surface area contributed by atoms with Gasteiger partial charge in [-0.2, -0.15) is 0 Å². The molecule has 0 radical (unpaired) electrons. The van der Waals surface area contributed by atoms with E-state index in [2.05, 4.69) is 21.7 Å². The quantitative estimate of drug-likeness (QED) is 0.379. The Bertz CT molecular complexity index is 1150. The Balaban J connectivity index is 1.34. The third-order valence-electron chi connectivity index (χ3n) is 6.19. The van der Waals surface area contributed by atoms with Gasteiger partial charge < -0.3 is 19.3 Å². The minimum absolute atomic E-state index is 0.000252. The number of carbonyl (C=O) groups is 1. The van der Waals surface area contributed by atoms with Crippen LogP contribution in [0.15, 0.2) is 53.7 Å². The highest BCUT2D eigenvalue weighted by Gasteiger charge is 2.24. The Hall–Kier alpha value is -2.95. The van der Waals surface area contributed by atoms with E-state index >= 15 is 0 Å². The molecule has 0 aliphatic carbocycles. The van der Waals surface area contributed by atoms with Crippen LogP contribution in [-0.2, 0) is 21.8 Å². The standard InChI is InChI=1S/C26H32FN5O3S/c1-19(16-34-2)32-24(17-35-3)28-29-26(32)36-18-20-8-10-21(11-9-20)25(33)31-14-12-30(13-15-31)23-7-5-4-6-22(23)27/h4-11,19H,12-18H2,1-3H3/t19-/m0/s1. The van der Waals surface area contributed by atoms with E-state index in [0.717, 1.165) is 16.5 Å². The summed E-state index contributed by atoms with van der Waals surface area (Å²) < 4.78 is 26.7. The fourth-order valence-corrected chi connectivity index (χ4v) is 5.34. The van der Waals surface area contributed by atoms with Crippen molar-refractivity contribution < 1.29 is 18.7 Å². The maximum absolute atomic E-state index is 14.1. The number of thioether (sulfide) groups is 1. The molecule has 1 aliphatic heterocycles. The number of amides is 1. The molecular formula is C26H32FN5O3S. The predicted molar refractivity (Wildman–Crippen MR) is 138 cm³/mol. The molecule has 4 rings (SSSR count). The number of para-hydroxylation sites is 1. The number of methoxy groups -OCH3 is 2. The van der Waals surface area contributed by atoms with Gasteiger partial charge in [-0.15, -0.1) is 10.2 Å². The van der Waals surface area contributed by atoms with Gasteiger partial charge in [-0.1, -0.05) is 36.0 Å². The summed E-state index contributed by atoms with van der Waals surface area (Å²) in [5, 5.41) is 9.43. The van der Waals surface area contributed by atoms with E-state index in [9.17, 15) is 9.18 Å². The maximum Gasteiger partial charge on any atom is 0.253 e. The first-order chi connectivity index (χ1) is 17.5. The van der Waals surface area contributed by atoms with Crippen molar-refractivity contribution >= 4 is 23.4 Å². The average Bonchev–Trinajstić information content (AvgIpc) is 3.31. The van der Waals surface area contributed by atoms with Crippen molar-refractivity contribution in [1.82, 2.24) is 19.7 Å². The highest BCUT2D eigenvalue weighted by Crippen LogP contribution is 2.26. The summed E-state index contributed by atoms with van der Waals surface area (Å²) in [6.45, 7) is 5.32. The Kier molecular flexibility index (Phi) is 8.95. The Labute approximate surface area is 215 Å². The van der Waals surface area contributed by atoms with E-state index in [-0.39, 0.29) is 17.8 Å². The zero-order chi connectivity index (χ0) is 25.5. The van der Waals surface area contributed by atoms with Crippen LogP contribution in [0.4, 0.5) is 10.1 Å². The first-order valence-corrected chi connectivity index (χ1v) is 12.9. The molecule has 0 spiro atoms. The van der Waals surface area contributed by atoms with Crippen molar-refractivity contribution in [2.24, 2.45) is 0 Å². The number of rotatable bonds is 10. The van der Waals surface area contributed by atoms with Gasteiger partial charge in [-0.25, -0.2) is 4.39 Å². The van der Waals surface area contributed by atoms with Gasteiger partial charge in [0.25, 0.3) is 5.91 Å². The second-order valence-electron chi connectivity index (χ2n) is 8.72. The number of benzene rings is 2. The normalized spacial score (nSPS) is 14.8. The molecule has 3 aromatic rings. The molecule has 1 atom stereocenters. The van der Waals surface area contributed by atoms with Crippen molar-refractivity contribution in [1.29, 1.82) is 0 Å². The lowest BCUT2D eigenvalue weighted by atomic mass is 10.1. The van der Waals surface area contributed by atoms with Crippen molar-refractivity contribution in [2.75, 3.05) is 51.9 Å². The fourth-order valence-electron chi connectivity index (χ4n) is 4.32. The number of ether oxygens (including phenoxy) is 2. The molecule has 1 amide bonds. The molecule has 192 valence electrons. The number of hydrogen-bond acceptors (Lipinski definition) is 7. The summed E-state index contributed by atoms with van der Waals surface area (Å²) in [6.07, 6.45) is 0. The zero-order valence-electron chi connectivity index (χ0n) is 20.9. The third kappa shape index (κ3) is 6.05. The molecule has 0 N–H and O–H groups in total. The average molecular weight is 514 g/mol. The highest BCUT2D eigenvalue weighted by molar-refractivity contribution is 7.98. The monoisotopic (exact) mass is 513 g/mol. The fraction of sp³-hybridized carbons (Fsp3) is 0.423. The molecule has 2 aromatic carbocycles. The van der Waals surface area contributed by atoms with Crippen LogP contribution in [0.1, 0.15) is 34.7 Å². The number of halogens is 1. The van der Waals surface area contributed by atoms with Gasteiger partial charge in [-0.3, -0.25) is 9.36 Å². The first kappa shape index (κ1) is 26.1. The molecule has 0 unspecified atom stereocenters. The van der Waals surface area contributed by atoms with Gasteiger partial charge in [0.15, 0.2) is 11.0 Å². The van der Waals surface area contributed by atoms with E-state index in [1.165, 1.54) is 6.07 Å². The SMILES string of the molecule is COCc1nnc(SCc2ccc(C(=O)N3CCN(c4ccccc4F)CC3)cc2)n1[C@@H](C)COC. The van der Waals surface area contributed by atoms with Crippen LogP contribution in [0.2, 0.25) is 0 Å². The van der Waals surface area contributed by atoms with Crippen molar-refractivity contribution in [2.45, 2.75) is 30.5 Å². The highest BCUT2D eigenvalue weighted by atomic mass is 32.2. The number of anilines is 1. The summed E-state index contributed by atoms with van der Waals surface area (Å²) in [7, 11) is 3.31. The Morgan fingerprint density at radius 3 is 2.42 bits per heavy atom. The molecule has 0 bridgehead atoms.